The zero-order chi connectivity index (χ0) is 22.5. The van der Waals surface area contributed by atoms with Crippen LogP contribution in [0.5, 0.6) is 5.75 Å². The molecule has 0 saturated carbocycles. The number of anilines is 1. The summed E-state index contributed by atoms with van der Waals surface area (Å²) < 4.78 is 7.40. The van der Waals surface area contributed by atoms with E-state index in [1.807, 2.05) is 12.1 Å². The number of para-hydroxylation sites is 1. The highest BCUT2D eigenvalue weighted by atomic mass is 127. The van der Waals surface area contributed by atoms with Gasteiger partial charge in [0.15, 0.2) is 0 Å². The van der Waals surface area contributed by atoms with Crippen LogP contribution in [0.1, 0.15) is 5.56 Å². The molecule has 10 heteroatoms. The van der Waals surface area contributed by atoms with Gasteiger partial charge in [-0.25, -0.2) is 0 Å². The molecule has 3 amide bonds. The molecule has 2 aromatic rings. The van der Waals surface area contributed by atoms with Crippen LogP contribution in [0.15, 0.2) is 54.0 Å². The van der Waals surface area contributed by atoms with Gasteiger partial charge in [-0.3, -0.25) is 19.3 Å². The fraction of sp³-hybridized carbons (Fsp3) is 0.0952. The summed E-state index contributed by atoms with van der Waals surface area (Å²) in [4.78, 5) is 38.5. The SMILES string of the molecule is C=CCOc1c(I)cc(/C=C2/SC(=O)N(CC(=O)Nc3ccccc3Cl)C2=O)cc1I. The van der Waals surface area contributed by atoms with Crippen molar-refractivity contribution in [3.8, 4) is 5.75 Å². The van der Waals surface area contributed by atoms with Crippen LogP contribution in [-0.2, 0) is 9.59 Å². The van der Waals surface area contributed by atoms with Crippen molar-refractivity contribution in [3.63, 3.8) is 0 Å². The van der Waals surface area contributed by atoms with E-state index in [0.29, 0.717) is 17.3 Å². The second-order valence-corrected chi connectivity index (χ2v) is 9.93. The molecule has 0 spiro atoms. The highest BCUT2D eigenvalue weighted by molar-refractivity contribution is 14.1. The quantitative estimate of drug-likeness (QED) is 0.228. The van der Waals surface area contributed by atoms with Gasteiger partial charge in [-0.2, -0.15) is 0 Å². The summed E-state index contributed by atoms with van der Waals surface area (Å²) in [6.45, 7) is 3.64. The molecule has 1 N–H and O–H groups in total. The minimum atomic E-state index is -0.513. The molecule has 0 bridgehead atoms. The van der Waals surface area contributed by atoms with Gasteiger partial charge >= 0.3 is 0 Å². The van der Waals surface area contributed by atoms with Gasteiger partial charge in [0.2, 0.25) is 5.91 Å². The number of hydrogen-bond acceptors (Lipinski definition) is 5. The van der Waals surface area contributed by atoms with Crippen LogP contribution in [0.2, 0.25) is 5.02 Å². The molecule has 160 valence electrons. The predicted molar refractivity (Wildman–Crippen MR) is 140 cm³/mol. The molecular formula is C21H15ClI2N2O4S. The average molecular weight is 681 g/mol. The number of ether oxygens (including phenoxy) is 1. The van der Waals surface area contributed by atoms with E-state index in [2.05, 4.69) is 57.1 Å². The molecule has 0 atom stereocenters. The van der Waals surface area contributed by atoms with E-state index < -0.39 is 23.6 Å². The Morgan fingerprint density at radius 1 is 1.23 bits per heavy atom. The Balaban J connectivity index is 1.74. The minimum absolute atomic E-state index is 0.252. The molecule has 1 fully saturated rings. The van der Waals surface area contributed by atoms with E-state index in [-0.39, 0.29) is 4.91 Å². The number of thioether (sulfide) groups is 1. The number of nitrogens with one attached hydrogen (secondary N) is 1. The third-order valence-corrected chi connectivity index (χ3v) is 6.83. The van der Waals surface area contributed by atoms with Gasteiger partial charge in [-0.1, -0.05) is 36.4 Å². The van der Waals surface area contributed by atoms with Gasteiger partial charge in [0.25, 0.3) is 11.1 Å². The second-order valence-electron chi connectivity index (χ2n) is 6.21. The van der Waals surface area contributed by atoms with Crippen LogP contribution in [0, 0.1) is 7.14 Å². The standard InChI is InChI=1S/C21H15ClI2N2O4S/c1-2-7-30-19-14(23)8-12(9-15(19)24)10-17-20(28)26(21(29)31-17)11-18(27)25-16-6-4-3-5-13(16)22/h2-6,8-10H,1,7,11H2,(H,25,27)/b17-10+. The Hall–Kier alpha value is -1.57. The Kier molecular flexibility index (Phi) is 8.42. The largest absolute Gasteiger partial charge is 0.487 e. The van der Waals surface area contributed by atoms with Crippen LogP contribution >= 0.6 is 68.5 Å². The van der Waals surface area contributed by atoms with Gasteiger partial charge < -0.3 is 10.1 Å². The molecule has 1 heterocycles. The summed E-state index contributed by atoms with van der Waals surface area (Å²) >= 11 is 11.1. The lowest BCUT2D eigenvalue weighted by Gasteiger charge is -2.13. The number of nitrogens with zero attached hydrogens (tertiary/aromatic N) is 1. The first kappa shape index (κ1) is 24.1. The van der Waals surface area contributed by atoms with E-state index in [4.69, 9.17) is 16.3 Å². The van der Waals surface area contributed by atoms with Crippen molar-refractivity contribution in [3.05, 3.63) is 71.7 Å². The number of hydrogen-bond donors (Lipinski definition) is 1. The number of carbonyl (C=O) groups excluding carboxylic acids is 3. The van der Waals surface area contributed by atoms with Crippen LogP contribution < -0.4 is 10.1 Å². The maximum absolute atomic E-state index is 12.7. The number of rotatable bonds is 7. The van der Waals surface area contributed by atoms with Crippen LogP contribution in [0.25, 0.3) is 6.08 Å². The molecule has 0 radical (unpaired) electrons. The molecule has 0 aromatic heterocycles. The first-order valence-corrected chi connectivity index (χ1v) is 12.2. The molecule has 1 saturated heterocycles. The summed E-state index contributed by atoms with van der Waals surface area (Å²) in [6, 6.07) is 10.5. The lowest BCUT2D eigenvalue weighted by molar-refractivity contribution is -0.127. The van der Waals surface area contributed by atoms with Gasteiger partial charge in [-0.15, -0.1) is 0 Å². The molecular weight excluding hydrogens is 666 g/mol. The minimum Gasteiger partial charge on any atom is -0.487 e. The van der Waals surface area contributed by atoms with Gasteiger partial charge in [0.1, 0.15) is 18.9 Å². The number of carbonyl (C=O) groups is 3. The maximum atomic E-state index is 12.7. The van der Waals surface area contributed by atoms with Crippen molar-refractivity contribution in [2.45, 2.75) is 0 Å². The normalized spacial score (nSPS) is 14.8. The van der Waals surface area contributed by atoms with Crippen LogP contribution in [-0.4, -0.2) is 35.1 Å². The number of benzene rings is 2. The maximum Gasteiger partial charge on any atom is 0.294 e. The summed E-state index contributed by atoms with van der Waals surface area (Å²) in [6.07, 6.45) is 3.30. The summed E-state index contributed by atoms with van der Waals surface area (Å²) in [7, 11) is 0. The average Bonchev–Trinajstić information content (AvgIpc) is 2.96. The highest BCUT2D eigenvalue weighted by Crippen LogP contribution is 2.35. The van der Waals surface area contributed by atoms with Gasteiger partial charge in [0.05, 0.1) is 22.8 Å². The van der Waals surface area contributed by atoms with Crippen LogP contribution in [0.3, 0.4) is 0 Å². The van der Waals surface area contributed by atoms with Crippen molar-refractivity contribution in [2.75, 3.05) is 18.5 Å². The van der Waals surface area contributed by atoms with E-state index >= 15 is 0 Å². The Bertz CT molecular complexity index is 1080. The van der Waals surface area contributed by atoms with Crippen molar-refractivity contribution in [1.29, 1.82) is 0 Å². The molecule has 2 aromatic carbocycles. The van der Waals surface area contributed by atoms with Crippen LogP contribution in [0.4, 0.5) is 10.5 Å². The van der Waals surface area contributed by atoms with E-state index in [0.717, 1.165) is 35.1 Å². The smallest absolute Gasteiger partial charge is 0.294 e. The van der Waals surface area contributed by atoms with Gasteiger partial charge in [0, 0.05) is 0 Å². The first-order valence-electron chi connectivity index (χ1n) is 8.82. The summed E-state index contributed by atoms with van der Waals surface area (Å²) in [5.74, 6) is -0.284. The van der Waals surface area contributed by atoms with E-state index in [1.54, 1.807) is 36.4 Å². The highest BCUT2D eigenvalue weighted by Gasteiger charge is 2.36. The van der Waals surface area contributed by atoms with E-state index in [9.17, 15) is 14.4 Å². The van der Waals surface area contributed by atoms with E-state index in [1.165, 1.54) is 0 Å². The first-order chi connectivity index (χ1) is 14.8. The molecule has 31 heavy (non-hydrogen) atoms. The topological polar surface area (TPSA) is 75.7 Å². The summed E-state index contributed by atoms with van der Waals surface area (Å²) in [5.41, 5.74) is 1.17. The number of halogens is 3. The number of amides is 3. The van der Waals surface area contributed by atoms with Crippen molar-refractivity contribution >= 4 is 97.4 Å². The Morgan fingerprint density at radius 3 is 2.55 bits per heavy atom. The van der Waals surface area contributed by atoms with Crippen molar-refractivity contribution < 1.29 is 19.1 Å². The molecule has 1 aliphatic heterocycles. The van der Waals surface area contributed by atoms with Gasteiger partial charge in [-0.05, 0) is 92.8 Å². The zero-order valence-corrected chi connectivity index (χ0v) is 21.7. The zero-order valence-electron chi connectivity index (χ0n) is 15.9. The fourth-order valence-corrected chi connectivity index (χ4v) is 5.78. The Morgan fingerprint density at radius 2 is 1.90 bits per heavy atom. The predicted octanol–water partition coefficient (Wildman–Crippen LogP) is 5.79. The third kappa shape index (κ3) is 6.02. The fourth-order valence-electron chi connectivity index (χ4n) is 2.63. The molecule has 0 unspecified atom stereocenters. The number of imide groups is 1. The van der Waals surface area contributed by atoms with Crippen molar-refractivity contribution in [1.82, 2.24) is 4.90 Å². The third-order valence-electron chi connectivity index (χ3n) is 3.99. The molecule has 6 nitrogen and oxygen atoms in total. The monoisotopic (exact) mass is 680 g/mol. The molecule has 3 rings (SSSR count). The Labute approximate surface area is 215 Å². The van der Waals surface area contributed by atoms with Crippen molar-refractivity contribution in [2.24, 2.45) is 0 Å². The summed E-state index contributed by atoms with van der Waals surface area (Å²) in [5, 5.41) is 2.48. The second kappa shape index (κ2) is 10.8. The molecule has 1 aliphatic rings. The lowest BCUT2D eigenvalue weighted by Crippen LogP contribution is -2.36. The lowest BCUT2D eigenvalue weighted by atomic mass is 10.2. The molecule has 0 aliphatic carbocycles.